The van der Waals surface area contributed by atoms with E-state index in [0.717, 1.165) is 57.8 Å². The molecule has 0 saturated carbocycles. The summed E-state index contributed by atoms with van der Waals surface area (Å²) in [5, 5.41) is 11.7. The molecule has 0 amide bonds. The zero-order valence-corrected chi connectivity index (χ0v) is 42.7. The van der Waals surface area contributed by atoms with Gasteiger partial charge in [0.1, 0.15) is 13.2 Å². The Labute approximate surface area is 395 Å². The molecule has 0 bridgehead atoms. The molecule has 2 unspecified atom stereocenters. The van der Waals surface area contributed by atoms with Crippen molar-refractivity contribution in [2.45, 2.75) is 264 Å². The Hall–Kier alpha value is -2.23. The van der Waals surface area contributed by atoms with Crippen LogP contribution in [-0.4, -0.2) is 82.3 Å². The summed E-state index contributed by atoms with van der Waals surface area (Å²) >= 11 is 0. The van der Waals surface area contributed by atoms with E-state index >= 15 is 0 Å². The van der Waals surface area contributed by atoms with Crippen LogP contribution in [0.25, 0.3) is 0 Å². The second kappa shape index (κ2) is 47.3. The van der Waals surface area contributed by atoms with E-state index < -0.39 is 24.3 Å². The lowest BCUT2D eigenvalue weighted by Gasteiger charge is -2.26. The van der Waals surface area contributed by atoms with Crippen molar-refractivity contribution in [2.24, 2.45) is 0 Å². The predicted octanol–water partition coefficient (Wildman–Crippen LogP) is 13.8. The van der Waals surface area contributed by atoms with Crippen LogP contribution in [0, 0.1) is 0 Å². The number of ether oxygens (including phenoxy) is 4. The molecule has 0 heterocycles. The number of carbonyl (C=O) groups excluding carboxylic acids is 3. The standard InChI is InChI=1S/C55H103NO8/c1-6-8-10-12-14-16-18-20-22-24-25-26-27-28-29-30-32-33-35-37-39-41-43-45-52(57)62-49-51(50-63-55(54(59)60)61-48-47-56(3,4)5)64-53(58)46-44-42-40-38-36-34-31-23-21-19-17-15-13-11-9-7-2/h17,19,23,31,51,55H,6-16,18,20-22,24-30,32-50H2,1-5H3/b19-17-,31-23-. The Balaban J connectivity index is 4.25. The summed E-state index contributed by atoms with van der Waals surface area (Å²) in [6.07, 6.45) is 50.8. The number of aliphatic carboxylic acids is 1. The van der Waals surface area contributed by atoms with E-state index in [1.807, 2.05) is 21.1 Å². The summed E-state index contributed by atoms with van der Waals surface area (Å²) < 4.78 is 22.6. The number of likely N-dealkylation sites (N-methyl/N-ethyl adjacent to an activating group) is 1. The number of allylic oxidation sites excluding steroid dienone is 4. The summed E-state index contributed by atoms with van der Waals surface area (Å²) in [5.41, 5.74) is 0. The Kier molecular flexibility index (Phi) is 45.6. The monoisotopic (exact) mass is 906 g/mol. The van der Waals surface area contributed by atoms with Crippen LogP contribution in [0.1, 0.15) is 251 Å². The van der Waals surface area contributed by atoms with Gasteiger partial charge in [-0.1, -0.05) is 218 Å². The van der Waals surface area contributed by atoms with Crippen LogP contribution in [0.15, 0.2) is 24.3 Å². The molecule has 2 atom stereocenters. The molecule has 0 aromatic carbocycles. The summed E-state index contributed by atoms with van der Waals surface area (Å²) in [4.78, 5) is 37.2. The van der Waals surface area contributed by atoms with Gasteiger partial charge in [-0.2, -0.15) is 0 Å². The third-order valence-electron chi connectivity index (χ3n) is 12.0. The Morgan fingerprint density at radius 1 is 0.469 bits per heavy atom. The Bertz CT molecular complexity index is 1100. The zero-order chi connectivity index (χ0) is 47.0. The highest BCUT2D eigenvalue weighted by Gasteiger charge is 2.22. The van der Waals surface area contributed by atoms with Crippen molar-refractivity contribution in [1.29, 1.82) is 0 Å². The van der Waals surface area contributed by atoms with Crippen LogP contribution >= 0.6 is 0 Å². The molecule has 9 nitrogen and oxygen atoms in total. The fourth-order valence-electron chi connectivity index (χ4n) is 7.74. The maximum Gasteiger partial charge on any atom is 0.306 e. The van der Waals surface area contributed by atoms with E-state index in [0.29, 0.717) is 23.9 Å². The average molecular weight is 906 g/mol. The molecular weight excluding hydrogens is 803 g/mol. The van der Waals surface area contributed by atoms with Gasteiger partial charge in [-0.05, 0) is 44.9 Å². The van der Waals surface area contributed by atoms with Gasteiger partial charge in [0, 0.05) is 12.8 Å². The molecule has 0 saturated heterocycles. The normalized spacial score (nSPS) is 13.0. The Morgan fingerprint density at radius 3 is 1.25 bits per heavy atom. The van der Waals surface area contributed by atoms with Gasteiger partial charge >= 0.3 is 11.9 Å². The molecule has 376 valence electrons. The van der Waals surface area contributed by atoms with E-state index in [1.54, 1.807) is 0 Å². The number of hydrogen-bond donors (Lipinski definition) is 0. The van der Waals surface area contributed by atoms with Gasteiger partial charge in [-0.15, -0.1) is 0 Å². The van der Waals surface area contributed by atoms with Crippen LogP contribution in [0.5, 0.6) is 0 Å². The first-order valence-electron chi connectivity index (χ1n) is 27.0. The lowest BCUT2D eigenvalue weighted by Crippen LogP contribution is -2.44. The number of carboxylic acid groups (broad SMARTS) is 1. The topological polar surface area (TPSA) is 111 Å². The first-order valence-corrected chi connectivity index (χ1v) is 27.0. The minimum absolute atomic E-state index is 0.147. The molecule has 0 radical (unpaired) electrons. The molecule has 0 aliphatic heterocycles. The third-order valence-corrected chi connectivity index (χ3v) is 12.0. The molecule has 0 rings (SSSR count). The van der Waals surface area contributed by atoms with Gasteiger partial charge in [0.2, 0.25) is 0 Å². The third kappa shape index (κ3) is 47.7. The SMILES string of the molecule is CCCCCC/C=C\C/C=C\CCCCCCCC(=O)OC(COC(=O)CCCCCCCCCCCCCCCCCCCCCCCCC)COC(OCC[N+](C)(C)C)C(=O)[O-]. The van der Waals surface area contributed by atoms with Crippen LogP contribution in [-0.2, 0) is 33.3 Å². The number of carbonyl (C=O) groups is 3. The maximum absolute atomic E-state index is 12.8. The van der Waals surface area contributed by atoms with Gasteiger partial charge in [0.25, 0.3) is 0 Å². The number of hydrogen-bond acceptors (Lipinski definition) is 8. The van der Waals surface area contributed by atoms with E-state index in [9.17, 15) is 19.5 Å². The van der Waals surface area contributed by atoms with Crippen LogP contribution < -0.4 is 5.11 Å². The second-order valence-electron chi connectivity index (χ2n) is 19.5. The maximum atomic E-state index is 12.8. The molecule has 64 heavy (non-hydrogen) atoms. The van der Waals surface area contributed by atoms with Crippen molar-refractivity contribution in [3.63, 3.8) is 0 Å². The first-order chi connectivity index (χ1) is 31.1. The van der Waals surface area contributed by atoms with E-state index in [2.05, 4.69) is 38.2 Å². The van der Waals surface area contributed by atoms with Crippen molar-refractivity contribution in [3.8, 4) is 0 Å². The van der Waals surface area contributed by atoms with Crippen LogP contribution in [0.3, 0.4) is 0 Å². The van der Waals surface area contributed by atoms with Gasteiger partial charge in [-0.25, -0.2) is 0 Å². The van der Waals surface area contributed by atoms with Crippen LogP contribution in [0.2, 0.25) is 0 Å². The van der Waals surface area contributed by atoms with Gasteiger partial charge in [0.15, 0.2) is 12.4 Å². The molecule has 0 aromatic heterocycles. The number of rotatable bonds is 50. The number of carboxylic acids is 1. The van der Waals surface area contributed by atoms with Crippen LogP contribution in [0.4, 0.5) is 0 Å². The van der Waals surface area contributed by atoms with Crippen molar-refractivity contribution in [2.75, 3.05) is 47.5 Å². The summed E-state index contributed by atoms with van der Waals surface area (Å²) in [7, 11) is 5.92. The number of esters is 2. The lowest BCUT2D eigenvalue weighted by atomic mass is 10.0. The van der Waals surface area contributed by atoms with Gasteiger partial charge in [-0.3, -0.25) is 9.59 Å². The zero-order valence-electron chi connectivity index (χ0n) is 42.7. The Morgan fingerprint density at radius 2 is 0.844 bits per heavy atom. The summed E-state index contributed by atoms with van der Waals surface area (Å²) in [6, 6.07) is 0. The summed E-state index contributed by atoms with van der Waals surface area (Å²) in [5.74, 6) is -2.29. The van der Waals surface area contributed by atoms with Crippen molar-refractivity contribution in [1.82, 2.24) is 0 Å². The van der Waals surface area contributed by atoms with E-state index in [-0.39, 0.29) is 32.2 Å². The molecule has 0 spiro atoms. The molecule has 0 aromatic rings. The molecule has 0 N–H and O–H groups in total. The molecule has 0 aliphatic carbocycles. The minimum Gasteiger partial charge on any atom is -0.545 e. The lowest BCUT2D eigenvalue weighted by molar-refractivity contribution is -0.870. The number of quaternary nitrogens is 1. The van der Waals surface area contributed by atoms with Crippen molar-refractivity contribution < 1.29 is 42.9 Å². The van der Waals surface area contributed by atoms with E-state index in [1.165, 1.54) is 161 Å². The first kappa shape index (κ1) is 61.8. The highest BCUT2D eigenvalue weighted by Crippen LogP contribution is 2.17. The fourth-order valence-corrected chi connectivity index (χ4v) is 7.74. The van der Waals surface area contributed by atoms with Crippen molar-refractivity contribution in [3.05, 3.63) is 24.3 Å². The average Bonchev–Trinajstić information content (AvgIpc) is 3.26. The highest BCUT2D eigenvalue weighted by molar-refractivity contribution is 5.70. The molecule has 0 fully saturated rings. The van der Waals surface area contributed by atoms with Gasteiger partial charge in [0.05, 0.1) is 40.3 Å². The summed E-state index contributed by atoms with van der Waals surface area (Å²) in [6.45, 7) is 4.75. The van der Waals surface area contributed by atoms with E-state index in [4.69, 9.17) is 18.9 Å². The number of nitrogens with zero attached hydrogens (tertiary/aromatic N) is 1. The highest BCUT2D eigenvalue weighted by atomic mass is 16.7. The second-order valence-corrected chi connectivity index (χ2v) is 19.5. The largest absolute Gasteiger partial charge is 0.545 e. The fraction of sp³-hybridized carbons (Fsp3) is 0.873. The minimum atomic E-state index is -1.62. The molecule has 9 heteroatoms. The smallest absolute Gasteiger partial charge is 0.306 e. The van der Waals surface area contributed by atoms with Gasteiger partial charge < -0.3 is 33.3 Å². The van der Waals surface area contributed by atoms with Crippen molar-refractivity contribution >= 4 is 17.9 Å². The molecule has 0 aliphatic rings. The quantitative estimate of drug-likeness (QED) is 0.0195. The predicted molar refractivity (Wildman–Crippen MR) is 265 cm³/mol. The molecular formula is C55H103NO8. The number of unbranched alkanes of at least 4 members (excludes halogenated alkanes) is 31.